The second kappa shape index (κ2) is 5.19. The SMILES string of the molecule is CC(C)(C)c1cc2c(cc1Cl)C=C(C(=O)O)[C@H](C(F)(F)F)O2. The van der Waals surface area contributed by atoms with Crippen molar-refractivity contribution in [2.75, 3.05) is 0 Å². The van der Waals surface area contributed by atoms with Gasteiger partial charge in [-0.3, -0.25) is 0 Å². The molecule has 120 valence electrons. The maximum absolute atomic E-state index is 13.0. The van der Waals surface area contributed by atoms with Gasteiger partial charge < -0.3 is 9.84 Å². The summed E-state index contributed by atoms with van der Waals surface area (Å²) < 4.78 is 43.9. The van der Waals surface area contributed by atoms with Crippen LogP contribution in [0.25, 0.3) is 6.08 Å². The Hall–Kier alpha value is -1.69. The van der Waals surface area contributed by atoms with E-state index in [9.17, 15) is 18.0 Å². The van der Waals surface area contributed by atoms with Crippen molar-refractivity contribution < 1.29 is 27.8 Å². The zero-order valence-corrected chi connectivity index (χ0v) is 12.8. The number of hydrogen-bond donors (Lipinski definition) is 1. The fourth-order valence-electron chi connectivity index (χ4n) is 2.21. The Balaban J connectivity index is 2.61. The fraction of sp³-hybridized carbons (Fsp3) is 0.400. The summed E-state index contributed by atoms with van der Waals surface area (Å²) in [6.07, 6.45) is -6.35. The first-order chi connectivity index (χ1) is 9.91. The van der Waals surface area contributed by atoms with Crippen molar-refractivity contribution in [2.45, 2.75) is 38.5 Å². The average Bonchev–Trinajstić information content (AvgIpc) is 2.33. The number of carboxylic acid groups (broad SMARTS) is 1. The first-order valence-corrected chi connectivity index (χ1v) is 6.81. The van der Waals surface area contributed by atoms with Crippen LogP contribution < -0.4 is 4.74 Å². The number of halogens is 4. The minimum atomic E-state index is -4.82. The minimum Gasteiger partial charge on any atom is -0.478 e. The van der Waals surface area contributed by atoms with Crippen LogP contribution in [0.4, 0.5) is 13.2 Å². The molecule has 22 heavy (non-hydrogen) atoms. The second-order valence-corrected chi connectivity index (χ2v) is 6.47. The molecule has 0 spiro atoms. The molecule has 1 aromatic rings. The molecule has 1 atom stereocenters. The van der Waals surface area contributed by atoms with Gasteiger partial charge in [-0.15, -0.1) is 0 Å². The van der Waals surface area contributed by atoms with Gasteiger partial charge in [0.2, 0.25) is 6.10 Å². The summed E-state index contributed by atoms with van der Waals surface area (Å²) in [5, 5.41) is 9.32. The quantitative estimate of drug-likeness (QED) is 0.826. The number of alkyl halides is 3. The van der Waals surface area contributed by atoms with Crippen LogP contribution in [0.2, 0.25) is 5.02 Å². The van der Waals surface area contributed by atoms with E-state index in [0.717, 1.165) is 6.08 Å². The van der Waals surface area contributed by atoms with Crippen LogP contribution in [0, 0.1) is 0 Å². The Morgan fingerprint density at radius 3 is 2.32 bits per heavy atom. The van der Waals surface area contributed by atoms with Gasteiger partial charge in [0.15, 0.2) is 0 Å². The Kier molecular flexibility index (Phi) is 3.94. The van der Waals surface area contributed by atoms with E-state index in [1.54, 1.807) is 0 Å². The third-order valence-electron chi connectivity index (χ3n) is 3.29. The van der Waals surface area contributed by atoms with Gasteiger partial charge in [0.25, 0.3) is 0 Å². The highest BCUT2D eigenvalue weighted by atomic mass is 35.5. The molecule has 1 N–H and O–H groups in total. The molecule has 0 aromatic heterocycles. The van der Waals surface area contributed by atoms with E-state index in [-0.39, 0.29) is 16.7 Å². The lowest BCUT2D eigenvalue weighted by molar-refractivity contribution is -0.187. The molecule has 1 aromatic carbocycles. The highest BCUT2D eigenvalue weighted by Gasteiger charge is 2.48. The van der Waals surface area contributed by atoms with Crippen LogP contribution in [0.1, 0.15) is 31.9 Å². The number of ether oxygens (including phenoxy) is 1. The summed E-state index contributed by atoms with van der Waals surface area (Å²) in [6, 6.07) is 2.86. The van der Waals surface area contributed by atoms with Crippen LogP contribution in [-0.2, 0) is 10.2 Å². The summed E-state index contributed by atoms with van der Waals surface area (Å²) in [5.41, 5.74) is -0.406. The van der Waals surface area contributed by atoms with Crippen molar-refractivity contribution in [1.82, 2.24) is 0 Å². The topological polar surface area (TPSA) is 46.5 Å². The van der Waals surface area contributed by atoms with E-state index >= 15 is 0 Å². The molecule has 7 heteroatoms. The molecular weight excluding hydrogens is 321 g/mol. The maximum atomic E-state index is 13.0. The van der Waals surface area contributed by atoms with Crippen molar-refractivity contribution in [3.05, 3.63) is 33.9 Å². The molecule has 1 heterocycles. The lowest BCUT2D eigenvalue weighted by Crippen LogP contribution is -2.40. The molecule has 0 saturated carbocycles. The fourth-order valence-corrected chi connectivity index (χ4v) is 2.66. The monoisotopic (exact) mass is 334 g/mol. The van der Waals surface area contributed by atoms with Crippen LogP contribution in [0.5, 0.6) is 5.75 Å². The molecule has 1 aliphatic heterocycles. The van der Waals surface area contributed by atoms with Gasteiger partial charge in [0, 0.05) is 10.6 Å². The third-order valence-corrected chi connectivity index (χ3v) is 3.60. The summed E-state index contributed by atoms with van der Waals surface area (Å²) in [7, 11) is 0. The normalized spacial score (nSPS) is 18.3. The number of hydrogen-bond acceptors (Lipinski definition) is 2. The largest absolute Gasteiger partial charge is 0.478 e. The highest BCUT2D eigenvalue weighted by molar-refractivity contribution is 6.31. The number of carboxylic acids is 1. The number of aliphatic carboxylic acids is 1. The van der Waals surface area contributed by atoms with Gasteiger partial charge in [-0.05, 0) is 29.2 Å². The third kappa shape index (κ3) is 3.06. The van der Waals surface area contributed by atoms with Crippen LogP contribution in [0.3, 0.4) is 0 Å². The molecular formula is C15H14ClF3O3. The number of benzene rings is 1. The molecule has 0 amide bonds. The minimum absolute atomic E-state index is 0.0262. The number of carbonyl (C=O) groups is 1. The predicted molar refractivity (Wildman–Crippen MR) is 76.2 cm³/mol. The standard InChI is InChI=1S/C15H14ClF3O3/c1-14(2,3)9-6-11-7(5-10(9)16)4-8(13(20)21)12(22-11)15(17,18)19/h4-6,12H,1-3H3,(H,20,21)/t12-/m1/s1. The molecule has 1 aliphatic rings. The van der Waals surface area contributed by atoms with Gasteiger partial charge in [0.1, 0.15) is 5.75 Å². The van der Waals surface area contributed by atoms with Gasteiger partial charge in [-0.1, -0.05) is 32.4 Å². The summed E-state index contributed by atoms with van der Waals surface area (Å²) in [5.74, 6) is -1.70. The van der Waals surface area contributed by atoms with Crippen LogP contribution in [0.15, 0.2) is 17.7 Å². The van der Waals surface area contributed by atoms with E-state index < -0.39 is 23.8 Å². The van der Waals surface area contributed by atoms with Crippen molar-refractivity contribution in [3.63, 3.8) is 0 Å². The first kappa shape index (κ1) is 16.7. The number of rotatable bonds is 1. The van der Waals surface area contributed by atoms with Crippen molar-refractivity contribution >= 4 is 23.6 Å². The zero-order chi connectivity index (χ0) is 16.9. The van der Waals surface area contributed by atoms with E-state index in [2.05, 4.69) is 0 Å². The molecule has 0 unspecified atom stereocenters. The lowest BCUT2D eigenvalue weighted by Gasteiger charge is -2.29. The van der Waals surface area contributed by atoms with E-state index in [1.807, 2.05) is 20.8 Å². The van der Waals surface area contributed by atoms with Crippen molar-refractivity contribution in [3.8, 4) is 5.75 Å². The van der Waals surface area contributed by atoms with Gasteiger partial charge in [-0.25, -0.2) is 4.79 Å². The molecule has 0 fully saturated rings. The van der Waals surface area contributed by atoms with E-state index in [4.69, 9.17) is 21.4 Å². The molecule has 0 radical (unpaired) electrons. The van der Waals surface area contributed by atoms with Crippen molar-refractivity contribution in [2.24, 2.45) is 0 Å². The molecule has 0 aliphatic carbocycles. The van der Waals surface area contributed by atoms with E-state index in [0.29, 0.717) is 10.6 Å². The summed E-state index contributed by atoms with van der Waals surface area (Å²) >= 11 is 6.14. The Bertz CT molecular complexity index is 657. The Labute approximate surface area is 130 Å². The predicted octanol–water partition coefficient (Wildman–Crippen LogP) is 4.43. The molecule has 2 rings (SSSR count). The van der Waals surface area contributed by atoms with Gasteiger partial charge >= 0.3 is 12.1 Å². The maximum Gasteiger partial charge on any atom is 0.430 e. The second-order valence-electron chi connectivity index (χ2n) is 6.06. The number of fused-ring (bicyclic) bond motifs is 1. The highest BCUT2D eigenvalue weighted by Crippen LogP contribution is 2.41. The van der Waals surface area contributed by atoms with E-state index in [1.165, 1.54) is 12.1 Å². The average molecular weight is 335 g/mol. The van der Waals surface area contributed by atoms with Crippen LogP contribution in [-0.4, -0.2) is 23.4 Å². The van der Waals surface area contributed by atoms with Crippen molar-refractivity contribution in [1.29, 1.82) is 0 Å². The molecule has 0 saturated heterocycles. The summed E-state index contributed by atoms with van der Waals surface area (Å²) in [4.78, 5) is 11.1. The van der Waals surface area contributed by atoms with Gasteiger partial charge in [0.05, 0.1) is 5.57 Å². The lowest BCUT2D eigenvalue weighted by atomic mass is 9.85. The smallest absolute Gasteiger partial charge is 0.430 e. The first-order valence-electron chi connectivity index (χ1n) is 6.43. The Morgan fingerprint density at radius 1 is 1.27 bits per heavy atom. The van der Waals surface area contributed by atoms with Crippen LogP contribution >= 0.6 is 11.6 Å². The molecule has 0 bridgehead atoms. The summed E-state index contributed by atoms with van der Waals surface area (Å²) in [6.45, 7) is 5.59. The van der Waals surface area contributed by atoms with Gasteiger partial charge in [-0.2, -0.15) is 13.2 Å². The Morgan fingerprint density at radius 2 is 1.86 bits per heavy atom. The zero-order valence-electron chi connectivity index (χ0n) is 12.1. The molecule has 3 nitrogen and oxygen atoms in total.